The Labute approximate surface area is 172 Å². The van der Waals surface area contributed by atoms with E-state index in [2.05, 4.69) is 20.0 Å². The zero-order valence-electron chi connectivity index (χ0n) is 16.4. The van der Waals surface area contributed by atoms with Gasteiger partial charge in [-0.1, -0.05) is 12.1 Å². The molecule has 0 saturated carbocycles. The summed E-state index contributed by atoms with van der Waals surface area (Å²) in [7, 11) is 0. The smallest absolute Gasteiger partial charge is 0.258 e. The molecular weight excluding hydrogens is 392 g/mol. The highest BCUT2D eigenvalue weighted by Gasteiger charge is 2.21. The molecule has 4 rings (SSSR count). The number of carbonyl (C=O) groups excluding carboxylic acids is 1. The van der Waals surface area contributed by atoms with Gasteiger partial charge < -0.3 is 9.42 Å². The fraction of sp³-hybridized carbons (Fsp3) is 0.526. The molecule has 3 aromatic heterocycles. The minimum absolute atomic E-state index is 0.0487. The molecule has 10 heteroatoms. The van der Waals surface area contributed by atoms with Crippen molar-refractivity contribution >= 4 is 22.2 Å². The van der Waals surface area contributed by atoms with Gasteiger partial charge in [-0.3, -0.25) is 18.9 Å². The second kappa shape index (κ2) is 8.83. The molecule has 0 aliphatic carbocycles. The molecule has 154 valence electrons. The minimum Gasteiger partial charge on any atom is -0.340 e. The lowest BCUT2D eigenvalue weighted by atomic mass is 10.2. The number of fused-ring (bicyclic) bond motifs is 1. The van der Waals surface area contributed by atoms with Crippen LogP contribution < -0.4 is 5.56 Å². The average Bonchev–Trinajstić information content (AvgIpc) is 3.38. The van der Waals surface area contributed by atoms with Crippen LogP contribution in [0.5, 0.6) is 0 Å². The largest absolute Gasteiger partial charge is 0.340 e. The summed E-state index contributed by atoms with van der Waals surface area (Å²) in [6.07, 6.45) is 4.31. The minimum atomic E-state index is -0.0487. The number of nitrogens with zero attached hydrogens (tertiary/aromatic N) is 6. The van der Waals surface area contributed by atoms with Gasteiger partial charge in [-0.25, -0.2) is 4.98 Å². The van der Waals surface area contributed by atoms with Gasteiger partial charge >= 0.3 is 0 Å². The molecule has 1 aliphatic rings. The summed E-state index contributed by atoms with van der Waals surface area (Å²) in [6.45, 7) is 5.55. The molecule has 1 saturated heterocycles. The van der Waals surface area contributed by atoms with Crippen molar-refractivity contribution in [2.24, 2.45) is 0 Å². The number of aromatic nitrogens is 4. The third kappa shape index (κ3) is 4.70. The summed E-state index contributed by atoms with van der Waals surface area (Å²) in [5.41, 5.74) is 0.732. The van der Waals surface area contributed by atoms with Crippen molar-refractivity contribution in [3.05, 3.63) is 45.4 Å². The Bertz CT molecular complexity index is 1030. The van der Waals surface area contributed by atoms with Crippen molar-refractivity contribution in [1.29, 1.82) is 0 Å². The summed E-state index contributed by atoms with van der Waals surface area (Å²) in [4.78, 5) is 38.3. The van der Waals surface area contributed by atoms with Crippen molar-refractivity contribution in [3.63, 3.8) is 0 Å². The average molecular weight is 417 g/mol. The molecular formula is C19H24N6O3S. The van der Waals surface area contributed by atoms with Crippen molar-refractivity contribution in [3.8, 4) is 0 Å². The zero-order chi connectivity index (χ0) is 20.2. The molecule has 0 N–H and O–H groups in total. The summed E-state index contributed by atoms with van der Waals surface area (Å²) < 4.78 is 6.72. The maximum Gasteiger partial charge on any atom is 0.258 e. The van der Waals surface area contributed by atoms with Gasteiger partial charge in [0.25, 0.3) is 5.56 Å². The standard InChI is InChI=1S/C19H24N6O3S/c1-2-15-21-16(28-22-15)4-3-5-17(26)24-8-6-23(7-9-24)13-14-12-18(27)25-10-11-29-19(25)20-14/h10-12H,2-9,13H2,1H3. The van der Waals surface area contributed by atoms with Gasteiger partial charge in [0.05, 0.1) is 5.69 Å². The predicted molar refractivity (Wildman–Crippen MR) is 108 cm³/mol. The predicted octanol–water partition coefficient (Wildman–Crippen LogP) is 1.37. The van der Waals surface area contributed by atoms with Crippen molar-refractivity contribution < 1.29 is 9.32 Å². The number of piperazine rings is 1. The SMILES string of the molecule is CCc1noc(CCCC(=O)N2CCN(Cc3cc(=O)n4ccsc4n3)CC2)n1. The Morgan fingerprint density at radius 1 is 1.24 bits per heavy atom. The second-order valence-electron chi connectivity index (χ2n) is 7.11. The first-order valence-corrected chi connectivity index (χ1v) is 10.8. The van der Waals surface area contributed by atoms with E-state index < -0.39 is 0 Å². The van der Waals surface area contributed by atoms with Gasteiger partial charge in [0.2, 0.25) is 11.8 Å². The Balaban J connectivity index is 1.23. The first-order chi connectivity index (χ1) is 14.1. The molecule has 29 heavy (non-hydrogen) atoms. The summed E-state index contributed by atoms with van der Waals surface area (Å²) in [5, 5.41) is 5.73. The molecule has 0 spiro atoms. The van der Waals surface area contributed by atoms with E-state index in [0.717, 1.165) is 25.2 Å². The molecule has 1 fully saturated rings. The van der Waals surface area contributed by atoms with Crippen molar-refractivity contribution in [2.75, 3.05) is 26.2 Å². The Morgan fingerprint density at radius 2 is 2.07 bits per heavy atom. The number of rotatable bonds is 7. The van der Waals surface area contributed by atoms with Gasteiger partial charge in [-0.2, -0.15) is 4.98 Å². The van der Waals surface area contributed by atoms with E-state index in [1.807, 2.05) is 17.2 Å². The molecule has 0 unspecified atom stereocenters. The van der Waals surface area contributed by atoms with Crippen LogP contribution in [0.3, 0.4) is 0 Å². The van der Waals surface area contributed by atoms with E-state index >= 15 is 0 Å². The maximum absolute atomic E-state index is 12.5. The number of thiazole rings is 1. The van der Waals surface area contributed by atoms with Crippen LogP contribution in [-0.2, 0) is 24.2 Å². The van der Waals surface area contributed by atoms with E-state index in [1.165, 1.54) is 11.3 Å². The van der Waals surface area contributed by atoms with Gasteiger partial charge in [-0.05, 0) is 6.42 Å². The highest BCUT2D eigenvalue weighted by Crippen LogP contribution is 2.12. The molecule has 1 aliphatic heterocycles. The van der Waals surface area contributed by atoms with E-state index in [4.69, 9.17) is 4.52 Å². The van der Waals surface area contributed by atoms with Gasteiger partial charge in [0.15, 0.2) is 10.8 Å². The molecule has 9 nitrogen and oxygen atoms in total. The lowest BCUT2D eigenvalue weighted by Gasteiger charge is -2.34. The van der Waals surface area contributed by atoms with E-state index in [1.54, 1.807) is 16.7 Å². The van der Waals surface area contributed by atoms with E-state index in [9.17, 15) is 9.59 Å². The third-order valence-corrected chi connectivity index (χ3v) is 5.83. The maximum atomic E-state index is 12.5. The first kappa shape index (κ1) is 19.7. The molecule has 0 aromatic carbocycles. The fourth-order valence-electron chi connectivity index (χ4n) is 3.44. The van der Waals surface area contributed by atoms with Gasteiger partial charge in [0, 0.05) is 69.6 Å². The van der Waals surface area contributed by atoms with Crippen LogP contribution in [-0.4, -0.2) is 61.4 Å². The van der Waals surface area contributed by atoms with Crippen molar-refractivity contribution in [2.45, 2.75) is 39.2 Å². The van der Waals surface area contributed by atoms with E-state index in [0.29, 0.717) is 55.6 Å². The second-order valence-corrected chi connectivity index (χ2v) is 7.98. The molecule has 0 radical (unpaired) electrons. The van der Waals surface area contributed by atoms with Crippen LogP contribution in [0.15, 0.2) is 27.0 Å². The van der Waals surface area contributed by atoms with Crippen LogP contribution in [0.4, 0.5) is 0 Å². The van der Waals surface area contributed by atoms with Crippen LogP contribution >= 0.6 is 11.3 Å². The van der Waals surface area contributed by atoms with Crippen LogP contribution in [0.1, 0.15) is 37.2 Å². The van der Waals surface area contributed by atoms with Crippen LogP contribution in [0, 0.1) is 0 Å². The number of amides is 1. The highest BCUT2D eigenvalue weighted by atomic mass is 32.1. The van der Waals surface area contributed by atoms with E-state index in [-0.39, 0.29) is 11.5 Å². The highest BCUT2D eigenvalue weighted by molar-refractivity contribution is 7.15. The number of aryl methyl sites for hydroxylation is 2. The molecule has 1 amide bonds. The van der Waals surface area contributed by atoms with Crippen molar-refractivity contribution in [1.82, 2.24) is 29.3 Å². The summed E-state index contributed by atoms with van der Waals surface area (Å²) in [5.74, 6) is 1.47. The molecule has 0 atom stereocenters. The number of hydrogen-bond donors (Lipinski definition) is 0. The molecule has 4 heterocycles. The monoisotopic (exact) mass is 416 g/mol. The van der Waals surface area contributed by atoms with Crippen LogP contribution in [0.25, 0.3) is 4.96 Å². The van der Waals surface area contributed by atoms with Gasteiger partial charge in [-0.15, -0.1) is 11.3 Å². The topological polar surface area (TPSA) is 96.8 Å². The quantitative estimate of drug-likeness (QED) is 0.574. The zero-order valence-corrected chi connectivity index (χ0v) is 17.2. The first-order valence-electron chi connectivity index (χ1n) is 9.89. The summed E-state index contributed by atoms with van der Waals surface area (Å²) in [6, 6.07) is 1.60. The molecule has 3 aromatic rings. The Morgan fingerprint density at radius 3 is 2.83 bits per heavy atom. The fourth-order valence-corrected chi connectivity index (χ4v) is 4.18. The third-order valence-electron chi connectivity index (χ3n) is 5.07. The normalized spacial score (nSPS) is 15.3. The Kier molecular flexibility index (Phi) is 6.00. The number of carbonyl (C=O) groups is 1. The number of hydrogen-bond acceptors (Lipinski definition) is 8. The summed E-state index contributed by atoms with van der Waals surface area (Å²) >= 11 is 1.46. The van der Waals surface area contributed by atoms with Crippen LogP contribution in [0.2, 0.25) is 0 Å². The van der Waals surface area contributed by atoms with Gasteiger partial charge in [0.1, 0.15) is 0 Å². The lowest BCUT2D eigenvalue weighted by molar-refractivity contribution is -0.133. The Hall–Kier alpha value is -2.59. The molecule has 0 bridgehead atoms. The lowest BCUT2D eigenvalue weighted by Crippen LogP contribution is -2.48.